The number of rotatable bonds is 6. The molecule has 5 aromatic rings. The van der Waals surface area contributed by atoms with Crippen LogP contribution in [-0.4, -0.2) is 47.8 Å². The molecule has 2 N–H and O–H groups in total. The van der Waals surface area contributed by atoms with E-state index in [1.807, 2.05) is 25.2 Å². The second kappa shape index (κ2) is 8.92. The minimum Gasteiger partial charge on any atom is -0.317 e. The number of nitrogens with zero attached hydrogens (tertiary/aromatic N) is 7. The highest BCUT2D eigenvalue weighted by Gasteiger charge is 2.35. The lowest BCUT2D eigenvalue weighted by Crippen LogP contribution is -2.43. The summed E-state index contributed by atoms with van der Waals surface area (Å²) >= 11 is 0. The van der Waals surface area contributed by atoms with Crippen molar-refractivity contribution in [3.05, 3.63) is 78.6 Å². The first-order valence-corrected chi connectivity index (χ1v) is 11.9. The fourth-order valence-electron chi connectivity index (χ4n) is 4.96. The average molecular weight is 466 g/mol. The van der Waals surface area contributed by atoms with Gasteiger partial charge >= 0.3 is 0 Å². The third-order valence-electron chi connectivity index (χ3n) is 6.93. The topological polar surface area (TPSA) is 98.4 Å². The smallest absolute Gasteiger partial charge is 0.228 e. The van der Waals surface area contributed by atoms with Gasteiger partial charge in [-0.3, -0.25) is 4.68 Å². The largest absolute Gasteiger partial charge is 0.317 e. The van der Waals surface area contributed by atoms with Crippen LogP contribution in [0.4, 0.5) is 11.8 Å². The maximum atomic E-state index is 4.69. The number of aryl methyl sites for hydroxylation is 1. The van der Waals surface area contributed by atoms with Gasteiger partial charge < -0.3 is 10.6 Å². The molecule has 0 amide bonds. The molecule has 0 unspecified atom stereocenters. The van der Waals surface area contributed by atoms with Gasteiger partial charge in [0, 0.05) is 30.3 Å². The zero-order chi connectivity index (χ0) is 23.7. The molecule has 0 spiro atoms. The van der Waals surface area contributed by atoms with E-state index >= 15 is 0 Å². The number of hydrogen-bond donors (Lipinski definition) is 2. The Bertz CT molecular complexity index is 1450. The molecule has 0 radical (unpaired) electrons. The highest BCUT2D eigenvalue weighted by molar-refractivity contribution is 5.80. The standard InChI is InChI=1S/C26H27N9/c1-34-24(10-14-29-34)31-25-28-13-9-21(30-25)19-7-8-23-22(17-19)32-33-35(23)18-26(11-15-27-16-12-26)20-5-3-2-4-6-20/h2-10,13-14,17,27H,11-12,15-16,18H2,1H3,(H,28,30,31). The van der Waals surface area contributed by atoms with Crippen LogP contribution in [0.25, 0.3) is 22.3 Å². The minimum absolute atomic E-state index is 0.0465. The monoisotopic (exact) mass is 465 g/mol. The fourth-order valence-corrected chi connectivity index (χ4v) is 4.96. The Kier molecular flexibility index (Phi) is 5.46. The lowest BCUT2D eigenvalue weighted by Gasteiger charge is -2.38. The Morgan fingerprint density at radius 1 is 1.00 bits per heavy atom. The Balaban J connectivity index is 1.30. The summed E-state index contributed by atoms with van der Waals surface area (Å²) in [4.78, 5) is 9.04. The van der Waals surface area contributed by atoms with Crippen molar-refractivity contribution in [2.45, 2.75) is 24.8 Å². The van der Waals surface area contributed by atoms with E-state index < -0.39 is 0 Å². The molecule has 0 aliphatic carbocycles. The number of benzene rings is 2. The molecular weight excluding hydrogens is 438 g/mol. The predicted molar refractivity (Wildman–Crippen MR) is 135 cm³/mol. The van der Waals surface area contributed by atoms with Crippen LogP contribution in [-0.2, 0) is 19.0 Å². The van der Waals surface area contributed by atoms with Gasteiger partial charge in [0.15, 0.2) is 0 Å². The summed E-state index contributed by atoms with van der Waals surface area (Å²) in [5.74, 6) is 1.34. The second-order valence-corrected chi connectivity index (χ2v) is 9.08. The normalized spacial score (nSPS) is 15.3. The summed E-state index contributed by atoms with van der Waals surface area (Å²) in [5, 5.41) is 20.0. The Morgan fingerprint density at radius 3 is 2.66 bits per heavy atom. The molecule has 1 aliphatic rings. The van der Waals surface area contributed by atoms with Crippen LogP contribution < -0.4 is 10.6 Å². The summed E-state index contributed by atoms with van der Waals surface area (Å²) in [7, 11) is 1.87. The van der Waals surface area contributed by atoms with E-state index in [0.29, 0.717) is 5.95 Å². The van der Waals surface area contributed by atoms with Crippen molar-refractivity contribution in [2.75, 3.05) is 18.4 Å². The van der Waals surface area contributed by atoms with E-state index in [2.05, 4.69) is 78.2 Å². The number of fused-ring (bicyclic) bond motifs is 1. The van der Waals surface area contributed by atoms with Gasteiger partial charge in [0.1, 0.15) is 11.3 Å². The van der Waals surface area contributed by atoms with Crippen LogP contribution in [0.3, 0.4) is 0 Å². The third kappa shape index (κ3) is 4.15. The van der Waals surface area contributed by atoms with Crippen LogP contribution >= 0.6 is 0 Å². The first-order valence-electron chi connectivity index (χ1n) is 11.9. The maximum Gasteiger partial charge on any atom is 0.228 e. The highest BCUT2D eigenvalue weighted by atomic mass is 15.4. The average Bonchev–Trinajstić information content (AvgIpc) is 3.50. The van der Waals surface area contributed by atoms with Gasteiger partial charge in [-0.2, -0.15) is 5.10 Å². The molecular formula is C26H27N9. The lowest BCUT2D eigenvalue weighted by atomic mass is 9.73. The van der Waals surface area contributed by atoms with Crippen molar-refractivity contribution in [2.24, 2.45) is 7.05 Å². The Labute approximate surface area is 203 Å². The number of hydrogen-bond acceptors (Lipinski definition) is 7. The third-order valence-corrected chi connectivity index (χ3v) is 6.93. The van der Waals surface area contributed by atoms with Gasteiger partial charge in [-0.25, -0.2) is 14.6 Å². The summed E-state index contributed by atoms with van der Waals surface area (Å²) in [6, 6.07) is 20.8. The van der Waals surface area contributed by atoms with E-state index in [0.717, 1.165) is 60.6 Å². The van der Waals surface area contributed by atoms with Crippen LogP contribution in [0.2, 0.25) is 0 Å². The highest BCUT2D eigenvalue weighted by Crippen LogP contribution is 2.36. The molecule has 4 heterocycles. The minimum atomic E-state index is 0.0465. The van der Waals surface area contributed by atoms with Gasteiger partial charge in [-0.1, -0.05) is 41.6 Å². The second-order valence-electron chi connectivity index (χ2n) is 9.08. The molecule has 3 aromatic heterocycles. The quantitative estimate of drug-likeness (QED) is 0.395. The van der Waals surface area contributed by atoms with Crippen LogP contribution in [0.1, 0.15) is 18.4 Å². The molecule has 176 valence electrons. The molecule has 0 bridgehead atoms. The van der Waals surface area contributed by atoms with E-state index in [1.54, 1.807) is 17.1 Å². The molecule has 9 heteroatoms. The van der Waals surface area contributed by atoms with Gasteiger partial charge in [0.05, 0.1) is 24.0 Å². The Hall–Kier alpha value is -4.11. The fraction of sp³-hybridized carbons (Fsp3) is 0.269. The van der Waals surface area contributed by atoms with Crippen LogP contribution in [0, 0.1) is 0 Å². The molecule has 0 saturated carbocycles. The van der Waals surface area contributed by atoms with Gasteiger partial charge in [0.25, 0.3) is 0 Å². The van der Waals surface area contributed by atoms with E-state index in [-0.39, 0.29) is 5.41 Å². The van der Waals surface area contributed by atoms with Gasteiger partial charge in [-0.15, -0.1) is 5.10 Å². The van der Waals surface area contributed by atoms with Crippen molar-refractivity contribution in [1.82, 2.24) is 40.1 Å². The molecule has 35 heavy (non-hydrogen) atoms. The van der Waals surface area contributed by atoms with Crippen molar-refractivity contribution in [1.29, 1.82) is 0 Å². The zero-order valence-electron chi connectivity index (χ0n) is 19.6. The summed E-state index contributed by atoms with van der Waals surface area (Å²) < 4.78 is 3.80. The van der Waals surface area contributed by atoms with E-state index in [9.17, 15) is 0 Å². The zero-order valence-corrected chi connectivity index (χ0v) is 19.6. The molecule has 1 fully saturated rings. The number of anilines is 2. The number of nitrogens with one attached hydrogen (secondary N) is 2. The summed E-state index contributed by atoms with van der Waals surface area (Å²) in [6.07, 6.45) is 5.63. The van der Waals surface area contributed by atoms with Crippen molar-refractivity contribution < 1.29 is 0 Å². The first-order chi connectivity index (χ1) is 17.2. The summed E-state index contributed by atoms with van der Waals surface area (Å²) in [5.41, 5.74) is 5.10. The number of piperidine rings is 1. The Morgan fingerprint density at radius 2 is 1.86 bits per heavy atom. The molecule has 1 aliphatic heterocycles. The van der Waals surface area contributed by atoms with Crippen LogP contribution in [0.15, 0.2) is 73.1 Å². The summed E-state index contributed by atoms with van der Waals surface area (Å²) in [6.45, 7) is 2.82. The van der Waals surface area contributed by atoms with Gasteiger partial charge in [-0.05, 0) is 49.7 Å². The van der Waals surface area contributed by atoms with Crippen LogP contribution in [0.5, 0.6) is 0 Å². The maximum absolute atomic E-state index is 4.69. The van der Waals surface area contributed by atoms with Gasteiger partial charge in [0.2, 0.25) is 5.95 Å². The number of aromatic nitrogens is 7. The lowest BCUT2D eigenvalue weighted by molar-refractivity contribution is 0.260. The molecule has 6 rings (SSSR count). The predicted octanol–water partition coefficient (Wildman–Crippen LogP) is 3.69. The van der Waals surface area contributed by atoms with E-state index in [4.69, 9.17) is 4.98 Å². The first kappa shape index (κ1) is 21.4. The van der Waals surface area contributed by atoms with Crippen molar-refractivity contribution in [3.63, 3.8) is 0 Å². The molecule has 2 aromatic carbocycles. The SMILES string of the molecule is Cn1nccc1Nc1nccc(-c2ccc3c(c2)nnn3CC2(c3ccccc3)CCNCC2)n1. The van der Waals surface area contributed by atoms with Crippen molar-refractivity contribution in [3.8, 4) is 11.3 Å². The molecule has 9 nitrogen and oxygen atoms in total. The molecule has 0 atom stereocenters. The van der Waals surface area contributed by atoms with E-state index in [1.165, 1.54) is 5.56 Å². The van der Waals surface area contributed by atoms with Crippen molar-refractivity contribution >= 4 is 22.8 Å². The molecule has 1 saturated heterocycles.